The van der Waals surface area contributed by atoms with E-state index in [1.807, 2.05) is 12.1 Å². The van der Waals surface area contributed by atoms with Gasteiger partial charge in [0.2, 0.25) is 0 Å². The zero-order valence-electron chi connectivity index (χ0n) is 12.5. The molecular formula is C19H23NO. The number of hydrogen-bond donors (Lipinski definition) is 1. The minimum Gasteiger partial charge on any atom is -0.365 e. The second-order valence-electron chi connectivity index (χ2n) is 5.84. The fourth-order valence-corrected chi connectivity index (χ4v) is 3.35. The van der Waals surface area contributed by atoms with Crippen molar-refractivity contribution in [3.63, 3.8) is 0 Å². The summed E-state index contributed by atoms with van der Waals surface area (Å²) in [6.45, 7) is 2.20. The normalized spacial score (nSPS) is 29.2. The molecule has 1 fully saturated rings. The van der Waals surface area contributed by atoms with Crippen LogP contribution in [0.25, 0.3) is 0 Å². The first-order valence-corrected chi connectivity index (χ1v) is 7.80. The Balaban J connectivity index is 1.89. The molecule has 0 amide bonds. The van der Waals surface area contributed by atoms with E-state index < -0.39 is 0 Å². The SMILES string of the molecule is CC[C@@H]1[C@@H](N)C[C@@H](c2ccccc2)O[C@H]1c1ccccc1. The van der Waals surface area contributed by atoms with Crippen LogP contribution in [0.3, 0.4) is 0 Å². The van der Waals surface area contributed by atoms with Crippen LogP contribution in [-0.2, 0) is 4.74 Å². The van der Waals surface area contributed by atoms with Crippen LogP contribution in [0.5, 0.6) is 0 Å². The Morgan fingerprint density at radius 1 is 0.952 bits per heavy atom. The molecule has 1 saturated heterocycles. The van der Waals surface area contributed by atoms with Crippen LogP contribution >= 0.6 is 0 Å². The molecule has 1 aliphatic rings. The maximum Gasteiger partial charge on any atom is 0.0876 e. The van der Waals surface area contributed by atoms with Gasteiger partial charge in [-0.1, -0.05) is 67.6 Å². The van der Waals surface area contributed by atoms with Gasteiger partial charge in [0.1, 0.15) is 0 Å². The number of hydrogen-bond acceptors (Lipinski definition) is 2. The van der Waals surface area contributed by atoms with E-state index in [0.717, 1.165) is 12.8 Å². The third-order valence-electron chi connectivity index (χ3n) is 4.51. The quantitative estimate of drug-likeness (QED) is 0.913. The summed E-state index contributed by atoms with van der Waals surface area (Å²) in [5.74, 6) is 0.382. The highest BCUT2D eigenvalue weighted by molar-refractivity contribution is 5.23. The van der Waals surface area contributed by atoms with Gasteiger partial charge in [0.25, 0.3) is 0 Å². The van der Waals surface area contributed by atoms with Gasteiger partial charge in [-0.3, -0.25) is 0 Å². The number of ether oxygens (including phenoxy) is 1. The average molecular weight is 281 g/mol. The third kappa shape index (κ3) is 3.02. The van der Waals surface area contributed by atoms with Crippen molar-refractivity contribution in [1.29, 1.82) is 0 Å². The highest BCUT2D eigenvalue weighted by atomic mass is 16.5. The summed E-state index contributed by atoms with van der Waals surface area (Å²) in [4.78, 5) is 0. The molecule has 2 N–H and O–H groups in total. The Hall–Kier alpha value is -1.64. The van der Waals surface area contributed by atoms with Gasteiger partial charge in [0, 0.05) is 12.0 Å². The Labute approximate surface area is 126 Å². The lowest BCUT2D eigenvalue weighted by Gasteiger charge is -2.41. The standard InChI is InChI=1S/C19H23NO/c1-2-16-17(20)13-18(14-9-5-3-6-10-14)21-19(16)15-11-7-4-8-12-15/h3-12,16-19H,2,13,20H2,1H3/t16-,17+,18+,19+/m1/s1. The molecule has 4 atom stereocenters. The minimum atomic E-state index is 0.0881. The predicted molar refractivity (Wildman–Crippen MR) is 85.8 cm³/mol. The van der Waals surface area contributed by atoms with Crippen molar-refractivity contribution >= 4 is 0 Å². The monoisotopic (exact) mass is 281 g/mol. The lowest BCUT2D eigenvalue weighted by molar-refractivity contribution is -0.0975. The summed E-state index contributed by atoms with van der Waals surface area (Å²) >= 11 is 0. The van der Waals surface area contributed by atoms with Crippen LogP contribution < -0.4 is 5.73 Å². The summed E-state index contributed by atoms with van der Waals surface area (Å²) in [5.41, 5.74) is 8.93. The van der Waals surface area contributed by atoms with Crippen LogP contribution in [0.2, 0.25) is 0 Å². The molecule has 1 heterocycles. The number of benzene rings is 2. The zero-order valence-corrected chi connectivity index (χ0v) is 12.5. The highest BCUT2D eigenvalue weighted by Gasteiger charge is 2.37. The molecule has 2 aromatic carbocycles. The van der Waals surface area contributed by atoms with Crippen molar-refractivity contribution in [2.24, 2.45) is 11.7 Å². The van der Waals surface area contributed by atoms with Gasteiger partial charge in [-0.2, -0.15) is 0 Å². The lowest BCUT2D eigenvalue weighted by atomic mass is 9.81. The first-order chi connectivity index (χ1) is 10.3. The van der Waals surface area contributed by atoms with Gasteiger partial charge in [0.15, 0.2) is 0 Å². The van der Waals surface area contributed by atoms with E-state index in [1.54, 1.807) is 0 Å². The number of nitrogens with two attached hydrogens (primary N) is 1. The van der Waals surface area contributed by atoms with E-state index in [9.17, 15) is 0 Å². The fourth-order valence-electron chi connectivity index (χ4n) is 3.35. The minimum absolute atomic E-state index is 0.0881. The van der Waals surface area contributed by atoms with Gasteiger partial charge < -0.3 is 10.5 Å². The summed E-state index contributed by atoms with van der Waals surface area (Å²) in [6.07, 6.45) is 2.12. The molecule has 0 aromatic heterocycles. The van der Waals surface area contributed by atoms with E-state index in [0.29, 0.717) is 5.92 Å². The average Bonchev–Trinajstić information content (AvgIpc) is 2.55. The number of rotatable bonds is 3. The van der Waals surface area contributed by atoms with Gasteiger partial charge in [0.05, 0.1) is 12.2 Å². The van der Waals surface area contributed by atoms with Crippen molar-refractivity contribution in [3.05, 3.63) is 71.8 Å². The van der Waals surface area contributed by atoms with Crippen LogP contribution in [0.1, 0.15) is 43.1 Å². The molecule has 2 aromatic rings. The van der Waals surface area contributed by atoms with E-state index in [-0.39, 0.29) is 18.2 Å². The van der Waals surface area contributed by atoms with Gasteiger partial charge in [-0.25, -0.2) is 0 Å². The van der Waals surface area contributed by atoms with E-state index in [2.05, 4.69) is 55.5 Å². The molecule has 0 radical (unpaired) electrons. The predicted octanol–water partition coefficient (Wildman–Crippen LogP) is 4.24. The molecule has 2 heteroatoms. The molecule has 1 aliphatic heterocycles. The molecule has 0 spiro atoms. The van der Waals surface area contributed by atoms with Crippen LogP contribution in [0.15, 0.2) is 60.7 Å². The van der Waals surface area contributed by atoms with Crippen LogP contribution in [0.4, 0.5) is 0 Å². The molecule has 110 valence electrons. The first kappa shape index (κ1) is 14.3. The van der Waals surface area contributed by atoms with Crippen LogP contribution in [0, 0.1) is 5.92 Å². The summed E-state index contributed by atoms with van der Waals surface area (Å²) in [5, 5.41) is 0. The smallest absolute Gasteiger partial charge is 0.0876 e. The Morgan fingerprint density at radius 2 is 1.52 bits per heavy atom. The molecule has 0 unspecified atom stereocenters. The largest absolute Gasteiger partial charge is 0.365 e. The van der Waals surface area contributed by atoms with Crippen molar-refractivity contribution < 1.29 is 4.74 Å². The summed E-state index contributed by atoms with van der Waals surface area (Å²) in [7, 11) is 0. The maximum absolute atomic E-state index is 6.46. The van der Waals surface area contributed by atoms with E-state index >= 15 is 0 Å². The van der Waals surface area contributed by atoms with Crippen molar-refractivity contribution in [2.45, 2.75) is 38.0 Å². The molecule has 2 nitrogen and oxygen atoms in total. The van der Waals surface area contributed by atoms with Gasteiger partial charge in [-0.15, -0.1) is 0 Å². The van der Waals surface area contributed by atoms with Crippen LogP contribution in [-0.4, -0.2) is 6.04 Å². The van der Waals surface area contributed by atoms with Gasteiger partial charge in [-0.05, 0) is 24.0 Å². The molecule has 0 saturated carbocycles. The molecule has 0 bridgehead atoms. The third-order valence-corrected chi connectivity index (χ3v) is 4.51. The maximum atomic E-state index is 6.46. The van der Waals surface area contributed by atoms with Crippen molar-refractivity contribution in [3.8, 4) is 0 Å². The van der Waals surface area contributed by atoms with Crippen molar-refractivity contribution in [1.82, 2.24) is 0 Å². The highest BCUT2D eigenvalue weighted by Crippen LogP contribution is 2.42. The second-order valence-corrected chi connectivity index (χ2v) is 5.84. The molecule has 3 rings (SSSR count). The molecule has 0 aliphatic carbocycles. The topological polar surface area (TPSA) is 35.2 Å². The first-order valence-electron chi connectivity index (χ1n) is 7.80. The van der Waals surface area contributed by atoms with E-state index in [4.69, 9.17) is 10.5 Å². The van der Waals surface area contributed by atoms with E-state index in [1.165, 1.54) is 11.1 Å². The Morgan fingerprint density at radius 3 is 2.10 bits per heavy atom. The zero-order chi connectivity index (χ0) is 14.7. The summed E-state index contributed by atoms with van der Waals surface area (Å²) < 4.78 is 6.45. The summed E-state index contributed by atoms with van der Waals surface area (Å²) in [6, 6.07) is 21.1. The molecular weight excluding hydrogens is 258 g/mol. The van der Waals surface area contributed by atoms with Gasteiger partial charge >= 0.3 is 0 Å². The lowest BCUT2D eigenvalue weighted by Crippen LogP contribution is -2.41. The fraction of sp³-hybridized carbons (Fsp3) is 0.368. The molecule has 21 heavy (non-hydrogen) atoms. The Kier molecular flexibility index (Phi) is 4.37. The Bertz CT molecular complexity index is 554. The van der Waals surface area contributed by atoms with Crippen molar-refractivity contribution in [2.75, 3.05) is 0 Å². The second kappa shape index (κ2) is 6.42.